The minimum Gasteiger partial charge on any atom is -0.378 e. The first-order chi connectivity index (χ1) is 19.6. The predicted octanol–water partition coefficient (Wildman–Crippen LogP) is 6.21. The van der Waals surface area contributed by atoms with Crippen LogP contribution in [0.3, 0.4) is 0 Å². The number of morpholine rings is 1. The summed E-state index contributed by atoms with van der Waals surface area (Å²) in [7, 11) is 0. The van der Waals surface area contributed by atoms with Gasteiger partial charge in [-0.05, 0) is 57.6 Å². The number of allylic oxidation sites excluding steroid dienone is 1. The van der Waals surface area contributed by atoms with Crippen LogP contribution in [0.4, 0.5) is 5.13 Å². The molecule has 3 fully saturated rings. The fourth-order valence-corrected chi connectivity index (χ4v) is 6.74. The van der Waals surface area contributed by atoms with Crippen LogP contribution in [0.2, 0.25) is 0 Å². The number of carbonyl (C=O) groups excluding carboxylic acids is 1. The van der Waals surface area contributed by atoms with Gasteiger partial charge in [0.15, 0.2) is 11.0 Å². The Hall–Kier alpha value is -2.46. The first-order valence-electron chi connectivity index (χ1n) is 15.0. The Morgan fingerprint density at radius 2 is 2.02 bits per heavy atom. The zero-order chi connectivity index (χ0) is 27.8. The lowest BCUT2D eigenvalue weighted by atomic mass is 9.70. The zero-order valence-electron chi connectivity index (χ0n) is 23.9. The highest BCUT2D eigenvalue weighted by atomic mass is 32.1. The molecule has 2 aromatic heterocycles. The average Bonchev–Trinajstić information content (AvgIpc) is 3.29. The van der Waals surface area contributed by atoms with Crippen LogP contribution < -0.4 is 5.32 Å². The van der Waals surface area contributed by atoms with E-state index in [-0.39, 0.29) is 17.4 Å². The van der Waals surface area contributed by atoms with Gasteiger partial charge < -0.3 is 14.8 Å². The first-order valence-corrected chi connectivity index (χ1v) is 15.8. The molecule has 1 amide bonds. The Kier molecular flexibility index (Phi) is 10.1. The third kappa shape index (κ3) is 7.05. The van der Waals surface area contributed by atoms with Gasteiger partial charge >= 0.3 is 0 Å². The van der Waals surface area contributed by atoms with Gasteiger partial charge in [-0.3, -0.25) is 9.69 Å². The Morgan fingerprint density at radius 3 is 2.75 bits per heavy atom. The molecule has 2 aliphatic carbocycles. The van der Waals surface area contributed by atoms with E-state index in [1.165, 1.54) is 49.9 Å². The van der Waals surface area contributed by atoms with Crippen LogP contribution in [0.5, 0.6) is 0 Å². The summed E-state index contributed by atoms with van der Waals surface area (Å²) in [6.45, 7) is 8.02. The summed E-state index contributed by atoms with van der Waals surface area (Å²) < 4.78 is 11.5. The van der Waals surface area contributed by atoms with Gasteiger partial charge in [0, 0.05) is 48.6 Å². The molecular formula is C31H43N5O3S. The van der Waals surface area contributed by atoms with Crippen LogP contribution in [-0.2, 0) is 20.9 Å². The SMILES string of the molecule is C/C=C\c1nc(NC(=O)C2CC(N3CCOCC34CCC4)C2)sc1/C=C/c1cnc(COCCCCCC)nc1. The van der Waals surface area contributed by atoms with E-state index in [4.69, 9.17) is 14.5 Å². The lowest BCUT2D eigenvalue weighted by molar-refractivity contribution is -0.150. The number of aromatic nitrogens is 3. The van der Waals surface area contributed by atoms with E-state index in [9.17, 15) is 4.79 Å². The monoisotopic (exact) mass is 565 g/mol. The highest BCUT2D eigenvalue weighted by Gasteiger charge is 2.50. The number of rotatable bonds is 13. The van der Waals surface area contributed by atoms with Gasteiger partial charge in [0.05, 0.1) is 23.8 Å². The number of nitrogens with zero attached hydrogens (tertiary/aromatic N) is 4. The van der Waals surface area contributed by atoms with Crippen molar-refractivity contribution in [1.29, 1.82) is 0 Å². The predicted molar refractivity (Wildman–Crippen MR) is 161 cm³/mol. The van der Waals surface area contributed by atoms with E-state index in [2.05, 4.69) is 27.1 Å². The van der Waals surface area contributed by atoms with Gasteiger partial charge in [0.2, 0.25) is 5.91 Å². The maximum absolute atomic E-state index is 13.0. The molecule has 3 heterocycles. The van der Waals surface area contributed by atoms with Crippen LogP contribution in [0.1, 0.15) is 93.6 Å². The number of unbranched alkanes of at least 4 members (excludes halogenated alkanes) is 3. The second-order valence-electron chi connectivity index (χ2n) is 11.3. The van der Waals surface area contributed by atoms with Gasteiger partial charge in [-0.1, -0.05) is 49.7 Å². The number of amides is 1. The summed E-state index contributed by atoms with van der Waals surface area (Å²) in [5.74, 6) is 0.828. The Balaban J connectivity index is 1.12. The number of anilines is 1. The van der Waals surface area contributed by atoms with Crippen LogP contribution in [0, 0.1) is 5.92 Å². The van der Waals surface area contributed by atoms with Crippen molar-refractivity contribution in [3.8, 4) is 0 Å². The summed E-state index contributed by atoms with van der Waals surface area (Å²) >= 11 is 1.49. The number of carbonyl (C=O) groups is 1. The molecular weight excluding hydrogens is 522 g/mol. The smallest absolute Gasteiger partial charge is 0.229 e. The van der Waals surface area contributed by atoms with Crippen molar-refractivity contribution in [2.24, 2.45) is 5.92 Å². The van der Waals surface area contributed by atoms with Gasteiger partial charge in [0.1, 0.15) is 6.61 Å². The van der Waals surface area contributed by atoms with Crippen LogP contribution in [0.25, 0.3) is 18.2 Å². The van der Waals surface area contributed by atoms with Crippen molar-refractivity contribution in [3.63, 3.8) is 0 Å². The Morgan fingerprint density at radius 1 is 1.20 bits per heavy atom. The number of hydrogen-bond donors (Lipinski definition) is 1. The van der Waals surface area contributed by atoms with Gasteiger partial charge in [-0.2, -0.15) is 0 Å². The number of ether oxygens (including phenoxy) is 2. The molecule has 1 N–H and O–H groups in total. The van der Waals surface area contributed by atoms with Crippen LogP contribution in [0.15, 0.2) is 18.5 Å². The molecule has 9 heteroatoms. The fraction of sp³-hybridized carbons (Fsp3) is 0.613. The lowest BCUT2D eigenvalue weighted by Crippen LogP contribution is -2.66. The van der Waals surface area contributed by atoms with E-state index >= 15 is 0 Å². The molecule has 5 rings (SSSR count). The molecule has 0 atom stereocenters. The molecule has 2 saturated carbocycles. The average molecular weight is 566 g/mol. The number of nitrogens with one attached hydrogen (secondary N) is 1. The quantitative estimate of drug-likeness (QED) is 0.289. The van der Waals surface area contributed by atoms with Gasteiger partial charge in [-0.25, -0.2) is 15.0 Å². The molecule has 1 saturated heterocycles. The molecule has 0 radical (unpaired) electrons. The number of hydrogen-bond acceptors (Lipinski definition) is 8. The summed E-state index contributed by atoms with van der Waals surface area (Å²) in [5, 5.41) is 3.74. The molecule has 0 bridgehead atoms. The second kappa shape index (κ2) is 13.9. The van der Waals surface area contributed by atoms with E-state index in [1.807, 2.05) is 43.6 Å². The van der Waals surface area contributed by atoms with Crippen molar-refractivity contribution in [1.82, 2.24) is 19.9 Å². The van der Waals surface area contributed by atoms with Crippen molar-refractivity contribution in [3.05, 3.63) is 40.4 Å². The largest absolute Gasteiger partial charge is 0.378 e. The lowest BCUT2D eigenvalue weighted by Gasteiger charge is -2.58. The molecule has 40 heavy (non-hydrogen) atoms. The third-order valence-corrected chi connectivity index (χ3v) is 9.38. The summed E-state index contributed by atoms with van der Waals surface area (Å²) in [5.41, 5.74) is 2.00. The van der Waals surface area contributed by atoms with Crippen LogP contribution >= 0.6 is 11.3 Å². The van der Waals surface area contributed by atoms with Crippen molar-refractivity contribution < 1.29 is 14.3 Å². The van der Waals surface area contributed by atoms with E-state index in [0.717, 1.165) is 61.8 Å². The second-order valence-corrected chi connectivity index (χ2v) is 12.3. The molecule has 1 spiro atoms. The van der Waals surface area contributed by atoms with Crippen molar-refractivity contribution in [2.75, 3.05) is 31.7 Å². The third-order valence-electron chi connectivity index (χ3n) is 8.43. The summed E-state index contributed by atoms with van der Waals surface area (Å²) in [4.78, 5) is 30.3. The molecule has 1 aliphatic heterocycles. The van der Waals surface area contributed by atoms with Gasteiger partial charge in [0.25, 0.3) is 0 Å². The molecule has 216 valence electrons. The molecule has 3 aliphatic rings. The standard InChI is InChI=1S/C31H43N5O3S/c1-3-5-6-7-15-38-21-28-32-19-23(20-33-28)10-11-27-26(9-4-2)34-30(40-27)35-29(37)24-17-25(18-24)36-14-16-39-22-31(36)12-8-13-31/h4,9-11,19-20,24-25H,3,5-8,12-18,21-22H2,1-2H3,(H,34,35,37)/b9-4-,11-10+. The first kappa shape index (κ1) is 29.0. The minimum atomic E-state index is 0.0500. The Bertz CT molecular complexity index is 1170. The zero-order valence-corrected chi connectivity index (χ0v) is 24.8. The number of thiazole rings is 1. The fourth-order valence-electron chi connectivity index (χ4n) is 5.88. The van der Waals surface area contributed by atoms with Crippen molar-refractivity contribution >= 4 is 40.6 Å². The maximum Gasteiger partial charge on any atom is 0.229 e. The molecule has 2 aromatic rings. The van der Waals surface area contributed by atoms with Gasteiger partial charge in [-0.15, -0.1) is 0 Å². The maximum atomic E-state index is 13.0. The Labute approximate surface area is 242 Å². The van der Waals surface area contributed by atoms with E-state index < -0.39 is 0 Å². The highest BCUT2D eigenvalue weighted by molar-refractivity contribution is 7.16. The molecule has 0 unspecified atom stereocenters. The normalized spacial score (nSPS) is 22.6. The van der Waals surface area contributed by atoms with Crippen LogP contribution in [-0.4, -0.2) is 63.7 Å². The van der Waals surface area contributed by atoms with E-state index in [1.54, 1.807) is 0 Å². The molecule has 0 aromatic carbocycles. The minimum absolute atomic E-state index is 0.0500. The summed E-state index contributed by atoms with van der Waals surface area (Å²) in [6.07, 6.45) is 21.9. The topological polar surface area (TPSA) is 89.5 Å². The highest BCUT2D eigenvalue weighted by Crippen LogP contribution is 2.45. The van der Waals surface area contributed by atoms with Crippen molar-refractivity contribution in [2.45, 2.75) is 89.8 Å². The molecule has 8 nitrogen and oxygen atoms in total. The summed E-state index contributed by atoms with van der Waals surface area (Å²) in [6, 6.07) is 0.499. The van der Waals surface area contributed by atoms with E-state index in [0.29, 0.717) is 23.6 Å².